The summed E-state index contributed by atoms with van der Waals surface area (Å²) >= 11 is 7.55. The van der Waals surface area contributed by atoms with E-state index in [0.29, 0.717) is 27.9 Å². The normalized spacial score (nSPS) is 11.1. The highest BCUT2D eigenvalue weighted by atomic mass is 35.5. The number of hydrogen-bond acceptors (Lipinski definition) is 5. The molecule has 0 atom stereocenters. The first kappa shape index (κ1) is 27.6. The van der Waals surface area contributed by atoms with Crippen LogP contribution in [0.4, 0.5) is 11.4 Å². The first-order valence-electron chi connectivity index (χ1n) is 11.8. The number of thioether (sulfide) groups is 1. The molecule has 9 heteroatoms. The van der Waals surface area contributed by atoms with Crippen molar-refractivity contribution in [3.05, 3.63) is 113 Å². The molecule has 1 N–H and O–H groups in total. The van der Waals surface area contributed by atoms with Crippen LogP contribution < -0.4 is 14.4 Å². The van der Waals surface area contributed by atoms with Gasteiger partial charge in [0.2, 0.25) is 5.91 Å². The third-order valence-corrected chi connectivity index (χ3v) is 8.89. The number of anilines is 2. The van der Waals surface area contributed by atoms with E-state index in [-0.39, 0.29) is 4.90 Å². The SMILES string of the molecule is COc1cccc(N(CC(=O)Nc2ccccc2SCc2ccc(Cl)cc2)S(=O)(=O)c2ccc(C)cc2)c1. The van der Waals surface area contributed by atoms with Crippen LogP contribution in [0.5, 0.6) is 5.75 Å². The van der Waals surface area contributed by atoms with Crippen LogP contribution in [0.2, 0.25) is 5.02 Å². The van der Waals surface area contributed by atoms with Gasteiger partial charge in [-0.05, 0) is 61.0 Å². The molecule has 1 amide bonds. The monoisotopic (exact) mass is 566 g/mol. The highest BCUT2D eigenvalue weighted by Gasteiger charge is 2.28. The van der Waals surface area contributed by atoms with E-state index in [1.807, 2.05) is 49.4 Å². The number of hydrogen-bond donors (Lipinski definition) is 1. The van der Waals surface area contributed by atoms with Crippen LogP contribution in [0, 0.1) is 6.92 Å². The van der Waals surface area contributed by atoms with Gasteiger partial charge in [0.05, 0.1) is 23.4 Å². The Hall–Kier alpha value is -3.46. The fourth-order valence-corrected chi connectivity index (χ4v) is 6.18. The Kier molecular flexibility index (Phi) is 8.99. The maximum absolute atomic E-state index is 13.7. The van der Waals surface area contributed by atoms with Crippen molar-refractivity contribution in [3.63, 3.8) is 0 Å². The predicted octanol–water partition coefficient (Wildman–Crippen LogP) is 6.78. The van der Waals surface area contributed by atoms with E-state index in [4.69, 9.17) is 16.3 Å². The molecule has 196 valence electrons. The van der Waals surface area contributed by atoms with Gasteiger partial charge in [-0.2, -0.15) is 0 Å². The lowest BCUT2D eigenvalue weighted by atomic mass is 10.2. The van der Waals surface area contributed by atoms with Gasteiger partial charge in [-0.1, -0.05) is 59.6 Å². The summed E-state index contributed by atoms with van der Waals surface area (Å²) in [4.78, 5) is 14.2. The Morgan fingerprint density at radius 3 is 2.37 bits per heavy atom. The summed E-state index contributed by atoms with van der Waals surface area (Å²) in [5.41, 5.74) is 2.96. The zero-order chi connectivity index (χ0) is 27.1. The van der Waals surface area contributed by atoms with Gasteiger partial charge in [-0.3, -0.25) is 9.10 Å². The molecule has 0 bridgehead atoms. The molecule has 0 aliphatic rings. The zero-order valence-electron chi connectivity index (χ0n) is 20.9. The van der Waals surface area contributed by atoms with Crippen molar-refractivity contribution in [2.75, 3.05) is 23.3 Å². The van der Waals surface area contributed by atoms with E-state index >= 15 is 0 Å². The van der Waals surface area contributed by atoms with Crippen molar-refractivity contribution < 1.29 is 17.9 Å². The average Bonchev–Trinajstić information content (AvgIpc) is 2.92. The molecule has 6 nitrogen and oxygen atoms in total. The fourth-order valence-electron chi connectivity index (χ4n) is 3.68. The van der Waals surface area contributed by atoms with E-state index < -0.39 is 22.5 Å². The van der Waals surface area contributed by atoms with Crippen LogP contribution in [0.3, 0.4) is 0 Å². The molecule has 38 heavy (non-hydrogen) atoms. The lowest BCUT2D eigenvalue weighted by molar-refractivity contribution is -0.114. The van der Waals surface area contributed by atoms with Crippen molar-refractivity contribution in [1.82, 2.24) is 0 Å². The summed E-state index contributed by atoms with van der Waals surface area (Å²) < 4.78 is 33.7. The lowest BCUT2D eigenvalue weighted by Gasteiger charge is -2.25. The second-order valence-corrected chi connectivity index (χ2v) is 11.8. The Morgan fingerprint density at radius 1 is 0.947 bits per heavy atom. The first-order valence-corrected chi connectivity index (χ1v) is 14.6. The number of carbonyl (C=O) groups excluding carboxylic acids is 1. The summed E-state index contributed by atoms with van der Waals surface area (Å²) in [6.45, 7) is 1.46. The molecule has 4 aromatic carbocycles. The number of halogens is 1. The Balaban J connectivity index is 1.58. The number of nitrogens with zero attached hydrogens (tertiary/aromatic N) is 1. The number of carbonyl (C=O) groups is 1. The minimum absolute atomic E-state index is 0.0950. The zero-order valence-corrected chi connectivity index (χ0v) is 23.3. The molecule has 0 radical (unpaired) electrons. The quantitative estimate of drug-likeness (QED) is 0.214. The summed E-state index contributed by atoms with van der Waals surface area (Å²) in [5.74, 6) is 0.695. The topological polar surface area (TPSA) is 75.7 Å². The molecule has 0 spiro atoms. The molecule has 0 aliphatic heterocycles. The van der Waals surface area contributed by atoms with Crippen LogP contribution in [0.15, 0.2) is 107 Å². The van der Waals surface area contributed by atoms with Crippen molar-refractivity contribution in [2.24, 2.45) is 0 Å². The number of methoxy groups -OCH3 is 1. The Bertz CT molecular complexity index is 1510. The summed E-state index contributed by atoms with van der Waals surface area (Å²) in [7, 11) is -2.54. The number of benzene rings is 4. The second kappa shape index (κ2) is 12.4. The maximum Gasteiger partial charge on any atom is 0.264 e. The predicted molar refractivity (Wildman–Crippen MR) is 155 cm³/mol. The van der Waals surface area contributed by atoms with Crippen LogP contribution in [-0.2, 0) is 20.6 Å². The first-order chi connectivity index (χ1) is 18.3. The van der Waals surface area contributed by atoms with Gasteiger partial charge in [0.15, 0.2) is 0 Å². The molecular formula is C29H27ClN2O4S2. The van der Waals surface area contributed by atoms with E-state index in [2.05, 4.69) is 5.32 Å². The van der Waals surface area contributed by atoms with Crippen LogP contribution in [0.1, 0.15) is 11.1 Å². The van der Waals surface area contributed by atoms with Gasteiger partial charge in [-0.25, -0.2) is 8.42 Å². The van der Waals surface area contributed by atoms with E-state index in [1.165, 1.54) is 7.11 Å². The van der Waals surface area contributed by atoms with Gasteiger partial charge in [0.1, 0.15) is 12.3 Å². The van der Waals surface area contributed by atoms with Crippen LogP contribution in [-0.4, -0.2) is 28.0 Å². The number of amides is 1. The molecule has 0 fully saturated rings. The molecule has 0 saturated heterocycles. The number of rotatable bonds is 10. The molecule has 0 heterocycles. The number of aryl methyl sites for hydroxylation is 1. The molecule has 0 unspecified atom stereocenters. The fraction of sp³-hybridized carbons (Fsp3) is 0.138. The Morgan fingerprint density at radius 2 is 1.66 bits per heavy atom. The van der Waals surface area contributed by atoms with Crippen LogP contribution >= 0.6 is 23.4 Å². The van der Waals surface area contributed by atoms with Gasteiger partial charge in [0.25, 0.3) is 10.0 Å². The summed E-state index contributed by atoms with van der Waals surface area (Å²) in [5, 5.41) is 3.57. The number of nitrogens with one attached hydrogen (secondary N) is 1. The molecule has 4 rings (SSSR count). The molecule has 4 aromatic rings. The van der Waals surface area contributed by atoms with Gasteiger partial charge in [-0.15, -0.1) is 11.8 Å². The maximum atomic E-state index is 13.7. The number of para-hydroxylation sites is 1. The van der Waals surface area contributed by atoms with Crippen molar-refractivity contribution in [2.45, 2.75) is 22.5 Å². The van der Waals surface area contributed by atoms with Crippen molar-refractivity contribution in [1.29, 1.82) is 0 Å². The minimum Gasteiger partial charge on any atom is -0.497 e. The highest BCUT2D eigenvalue weighted by molar-refractivity contribution is 7.98. The van der Waals surface area contributed by atoms with Gasteiger partial charge in [0, 0.05) is 21.7 Å². The summed E-state index contributed by atoms with van der Waals surface area (Å²) in [6.07, 6.45) is 0. The Labute approximate surface area is 232 Å². The molecular weight excluding hydrogens is 540 g/mol. The molecule has 0 aliphatic carbocycles. The third kappa shape index (κ3) is 6.89. The van der Waals surface area contributed by atoms with E-state index in [0.717, 1.165) is 20.3 Å². The molecule has 0 saturated carbocycles. The standard InChI is InChI=1S/C29H27ClN2O4S2/c1-21-10-16-26(17-11-21)38(34,35)32(24-6-5-7-25(18-24)36-2)19-29(33)31-27-8-3-4-9-28(27)37-20-22-12-14-23(30)15-13-22/h3-18H,19-20H2,1-2H3,(H,31,33). The summed E-state index contributed by atoms with van der Waals surface area (Å²) in [6, 6.07) is 28.2. The largest absolute Gasteiger partial charge is 0.497 e. The van der Waals surface area contributed by atoms with Crippen LogP contribution in [0.25, 0.3) is 0 Å². The average molecular weight is 567 g/mol. The number of sulfonamides is 1. The van der Waals surface area contributed by atoms with Crippen molar-refractivity contribution in [3.8, 4) is 5.75 Å². The van der Waals surface area contributed by atoms with E-state index in [1.54, 1.807) is 66.4 Å². The highest BCUT2D eigenvalue weighted by Crippen LogP contribution is 2.31. The second-order valence-electron chi connectivity index (χ2n) is 8.49. The van der Waals surface area contributed by atoms with Gasteiger partial charge < -0.3 is 10.1 Å². The van der Waals surface area contributed by atoms with Crippen molar-refractivity contribution >= 4 is 50.7 Å². The third-order valence-electron chi connectivity index (χ3n) is 5.71. The minimum atomic E-state index is -4.04. The smallest absolute Gasteiger partial charge is 0.264 e. The number of ether oxygens (including phenoxy) is 1. The van der Waals surface area contributed by atoms with Gasteiger partial charge >= 0.3 is 0 Å². The molecule has 0 aromatic heterocycles. The van der Waals surface area contributed by atoms with E-state index in [9.17, 15) is 13.2 Å². The lowest BCUT2D eigenvalue weighted by Crippen LogP contribution is -2.38.